The van der Waals surface area contributed by atoms with Gasteiger partial charge in [0.1, 0.15) is 0 Å². The second kappa shape index (κ2) is 6.01. The molecule has 2 rings (SSSR count). The van der Waals surface area contributed by atoms with E-state index >= 15 is 0 Å². The Bertz CT molecular complexity index is 521. The minimum Gasteiger partial charge on any atom is -0.464 e. The number of rotatable bonds is 4. The van der Waals surface area contributed by atoms with Crippen LogP contribution in [-0.4, -0.2) is 30.1 Å². The number of benzene rings is 1. The number of Topliss-reactive ketones (excluding diaryl/α,β-unsaturated/α-hetero) is 1. The molecule has 1 saturated heterocycles. The molecule has 106 valence electrons. The summed E-state index contributed by atoms with van der Waals surface area (Å²) in [6.45, 7) is 3.73. The van der Waals surface area contributed by atoms with E-state index in [4.69, 9.17) is 9.47 Å². The zero-order chi connectivity index (χ0) is 14.6. The van der Waals surface area contributed by atoms with E-state index in [1.807, 2.05) is 42.5 Å². The number of ether oxygens (including phenoxy) is 2. The van der Waals surface area contributed by atoms with Crippen molar-refractivity contribution in [2.24, 2.45) is 0 Å². The molecule has 0 spiro atoms. The largest absolute Gasteiger partial charge is 0.464 e. The fourth-order valence-electron chi connectivity index (χ4n) is 2.15. The molecule has 2 atom stereocenters. The Kier molecular flexibility index (Phi) is 4.35. The lowest BCUT2D eigenvalue weighted by molar-refractivity contribution is -0.159. The van der Waals surface area contributed by atoms with E-state index in [0.29, 0.717) is 0 Å². The first-order valence-electron chi connectivity index (χ1n) is 6.65. The van der Waals surface area contributed by atoms with Crippen LogP contribution in [0, 0.1) is 0 Å². The van der Waals surface area contributed by atoms with Crippen LogP contribution in [-0.2, 0) is 19.1 Å². The van der Waals surface area contributed by atoms with Gasteiger partial charge in [0.2, 0.25) is 6.10 Å². The molecule has 20 heavy (non-hydrogen) atoms. The lowest BCUT2D eigenvalue weighted by atomic mass is 10.00. The average Bonchev–Trinajstić information content (AvgIpc) is 2.74. The monoisotopic (exact) mass is 274 g/mol. The summed E-state index contributed by atoms with van der Waals surface area (Å²) in [5.41, 5.74) is 0.258. The number of carbonyl (C=O) groups is 2. The summed E-state index contributed by atoms with van der Waals surface area (Å²) in [7, 11) is 0. The van der Waals surface area contributed by atoms with Gasteiger partial charge in [-0.05, 0) is 19.4 Å². The molecule has 1 aliphatic heterocycles. The van der Waals surface area contributed by atoms with Crippen molar-refractivity contribution < 1.29 is 19.1 Å². The van der Waals surface area contributed by atoms with Gasteiger partial charge in [-0.25, -0.2) is 4.79 Å². The molecule has 1 aliphatic rings. The normalized spacial score (nSPS) is 26.1. The fraction of sp³-hybridized carbons (Fsp3) is 0.375. The lowest BCUT2D eigenvalue weighted by Gasteiger charge is -2.18. The van der Waals surface area contributed by atoms with Crippen LogP contribution in [0.5, 0.6) is 0 Å². The highest BCUT2D eigenvalue weighted by molar-refractivity contribution is 6.04. The Morgan fingerprint density at radius 1 is 1.45 bits per heavy atom. The van der Waals surface area contributed by atoms with Crippen molar-refractivity contribution in [3.8, 4) is 0 Å². The molecule has 1 fully saturated rings. The van der Waals surface area contributed by atoms with Crippen LogP contribution >= 0.6 is 0 Å². The second-order valence-electron chi connectivity index (χ2n) is 4.95. The minimum absolute atomic E-state index is 0.180. The van der Waals surface area contributed by atoms with Gasteiger partial charge in [-0.2, -0.15) is 0 Å². The van der Waals surface area contributed by atoms with Gasteiger partial charge in [0.15, 0.2) is 5.78 Å². The molecule has 0 saturated carbocycles. The van der Waals surface area contributed by atoms with Crippen molar-refractivity contribution in [3.63, 3.8) is 0 Å². The summed E-state index contributed by atoms with van der Waals surface area (Å²) in [4.78, 5) is 23.5. The maximum Gasteiger partial charge on any atom is 0.343 e. The Labute approximate surface area is 118 Å². The molecule has 0 bridgehead atoms. The van der Waals surface area contributed by atoms with Crippen molar-refractivity contribution in [1.29, 1.82) is 0 Å². The minimum atomic E-state index is -1.10. The summed E-state index contributed by atoms with van der Waals surface area (Å²) in [6, 6.07) is 9.72. The molecule has 0 N–H and O–H groups in total. The summed E-state index contributed by atoms with van der Waals surface area (Å²) in [5.74, 6) is -0.835. The van der Waals surface area contributed by atoms with Crippen LogP contribution in [0.4, 0.5) is 0 Å². The highest BCUT2D eigenvalue weighted by Gasteiger charge is 2.45. The number of esters is 1. The first-order valence-corrected chi connectivity index (χ1v) is 6.65. The third-order valence-electron chi connectivity index (χ3n) is 3.13. The van der Waals surface area contributed by atoms with E-state index in [1.165, 1.54) is 0 Å². The predicted molar refractivity (Wildman–Crippen MR) is 75.0 cm³/mol. The van der Waals surface area contributed by atoms with E-state index in [1.54, 1.807) is 13.8 Å². The smallest absolute Gasteiger partial charge is 0.343 e. The van der Waals surface area contributed by atoms with Crippen molar-refractivity contribution in [2.45, 2.75) is 32.0 Å². The first-order chi connectivity index (χ1) is 9.54. The van der Waals surface area contributed by atoms with Crippen LogP contribution in [0.1, 0.15) is 25.8 Å². The zero-order valence-corrected chi connectivity index (χ0v) is 11.7. The molecular weight excluding hydrogens is 256 g/mol. The third kappa shape index (κ3) is 3.33. The molecule has 0 radical (unpaired) electrons. The van der Waals surface area contributed by atoms with Crippen molar-refractivity contribution >= 4 is 17.8 Å². The van der Waals surface area contributed by atoms with E-state index in [2.05, 4.69) is 0 Å². The molecule has 1 aromatic rings. The van der Waals surface area contributed by atoms with Gasteiger partial charge in [-0.3, -0.25) is 4.79 Å². The van der Waals surface area contributed by atoms with Gasteiger partial charge in [0.25, 0.3) is 0 Å². The Hall–Kier alpha value is -1.94. The van der Waals surface area contributed by atoms with Gasteiger partial charge < -0.3 is 9.47 Å². The molecule has 4 nitrogen and oxygen atoms in total. The molecule has 1 heterocycles. The van der Waals surface area contributed by atoms with Crippen LogP contribution in [0.25, 0.3) is 6.08 Å². The quantitative estimate of drug-likeness (QED) is 0.625. The third-order valence-corrected chi connectivity index (χ3v) is 3.13. The van der Waals surface area contributed by atoms with Gasteiger partial charge >= 0.3 is 5.97 Å². The molecule has 0 aromatic heterocycles. The SMILES string of the molecule is CCOC(=O)C1OC(C)(/C=C/c2ccccc2)CC1=O. The number of ketones is 1. The average molecular weight is 274 g/mol. The second-order valence-corrected chi connectivity index (χ2v) is 4.95. The van der Waals surface area contributed by atoms with Crippen LogP contribution in [0.15, 0.2) is 36.4 Å². The predicted octanol–water partition coefficient (Wildman–Crippen LogP) is 2.38. The maximum absolute atomic E-state index is 11.9. The molecule has 4 heteroatoms. The van der Waals surface area contributed by atoms with Crippen molar-refractivity contribution in [2.75, 3.05) is 6.61 Å². The lowest BCUT2D eigenvalue weighted by Crippen LogP contribution is -2.30. The van der Waals surface area contributed by atoms with E-state index in [0.717, 1.165) is 5.56 Å². The van der Waals surface area contributed by atoms with Gasteiger partial charge in [-0.1, -0.05) is 42.5 Å². The zero-order valence-electron chi connectivity index (χ0n) is 11.7. The molecule has 1 aromatic carbocycles. The number of carbonyl (C=O) groups excluding carboxylic acids is 2. The van der Waals surface area contributed by atoms with Gasteiger partial charge in [0, 0.05) is 6.42 Å². The Morgan fingerprint density at radius 2 is 2.15 bits per heavy atom. The standard InChI is InChI=1S/C16H18O4/c1-3-19-15(18)14-13(17)11-16(2,20-14)10-9-12-7-5-4-6-8-12/h4-10,14H,3,11H2,1-2H3/b10-9+. The van der Waals surface area contributed by atoms with Gasteiger partial charge in [0.05, 0.1) is 12.2 Å². The number of hydrogen-bond acceptors (Lipinski definition) is 4. The number of hydrogen-bond donors (Lipinski definition) is 0. The highest BCUT2D eigenvalue weighted by Crippen LogP contribution is 2.30. The molecular formula is C16H18O4. The van der Waals surface area contributed by atoms with Gasteiger partial charge in [-0.15, -0.1) is 0 Å². The molecule has 0 amide bonds. The Balaban J connectivity index is 2.07. The van der Waals surface area contributed by atoms with Crippen LogP contribution in [0.3, 0.4) is 0 Å². The van der Waals surface area contributed by atoms with Crippen molar-refractivity contribution in [1.82, 2.24) is 0 Å². The summed E-state index contributed by atoms with van der Waals surface area (Å²) >= 11 is 0. The Morgan fingerprint density at radius 3 is 2.80 bits per heavy atom. The van der Waals surface area contributed by atoms with E-state index in [9.17, 15) is 9.59 Å². The van der Waals surface area contributed by atoms with Crippen molar-refractivity contribution in [3.05, 3.63) is 42.0 Å². The summed E-state index contributed by atoms with van der Waals surface area (Å²) in [5, 5.41) is 0. The topological polar surface area (TPSA) is 52.6 Å². The maximum atomic E-state index is 11.9. The first kappa shape index (κ1) is 14.5. The van der Waals surface area contributed by atoms with E-state index < -0.39 is 17.7 Å². The fourth-order valence-corrected chi connectivity index (χ4v) is 2.15. The van der Waals surface area contributed by atoms with Crippen LogP contribution < -0.4 is 0 Å². The molecule has 2 unspecified atom stereocenters. The van der Waals surface area contributed by atoms with E-state index in [-0.39, 0.29) is 18.8 Å². The van der Waals surface area contributed by atoms with Crippen LogP contribution in [0.2, 0.25) is 0 Å². The molecule has 0 aliphatic carbocycles. The summed E-state index contributed by atoms with van der Waals surface area (Å²) < 4.78 is 10.4. The summed E-state index contributed by atoms with van der Waals surface area (Å²) in [6.07, 6.45) is 2.79. The highest BCUT2D eigenvalue weighted by atomic mass is 16.6.